The van der Waals surface area contributed by atoms with Gasteiger partial charge in [-0.3, -0.25) is 9.36 Å². The highest BCUT2D eigenvalue weighted by molar-refractivity contribution is 6.02. The zero-order valence-electron chi connectivity index (χ0n) is 13.2. The van der Waals surface area contributed by atoms with E-state index in [0.29, 0.717) is 0 Å². The minimum atomic E-state index is -1.92. The molecule has 0 unspecified atom stereocenters. The van der Waals surface area contributed by atoms with E-state index in [1.165, 1.54) is 18.2 Å². The summed E-state index contributed by atoms with van der Waals surface area (Å²) in [6, 6.07) is 3.80. The molecule has 1 amide bonds. The van der Waals surface area contributed by atoms with Gasteiger partial charge in [0.15, 0.2) is 12.4 Å². The topological polar surface area (TPSA) is 147 Å². The fraction of sp³-hybridized carbons (Fsp3) is 0.333. The van der Waals surface area contributed by atoms with E-state index in [-0.39, 0.29) is 17.3 Å². The molecule has 3 heterocycles. The predicted octanol–water partition coefficient (Wildman–Crippen LogP) is -0.815. The quantitative estimate of drug-likeness (QED) is 0.549. The average molecular weight is 366 g/mol. The molecule has 138 valence electrons. The molecule has 2 aromatic heterocycles. The number of halogens is 1. The SMILES string of the molecule is O=C(Nc1ccn([C@@H]2O[C@H](CO)[C@@H](O)[C@H]2F)c(=O)n1)c1ccc(O)cn1. The van der Waals surface area contributed by atoms with Crippen molar-refractivity contribution in [2.75, 3.05) is 11.9 Å². The summed E-state index contributed by atoms with van der Waals surface area (Å²) in [6.07, 6.45) is -3.85. The van der Waals surface area contributed by atoms with Crippen LogP contribution in [-0.2, 0) is 4.74 Å². The molecule has 4 N–H and O–H groups in total. The first-order valence-electron chi connectivity index (χ1n) is 7.54. The van der Waals surface area contributed by atoms with Crippen molar-refractivity contribution < 1.29 is 29.2 Å². The lowest BCUT2D eigenvalue weighted by molar-refractivity contribution is -0.0490. The summed E-state index contributed by atoms with van der Waals surface area (Å²) >= 11 is 0. The Kier molecular flexibility index (Phi) is 4.93. The first-order chi connectivity index (χ1) is 12.4. The summed E-state index contributed by atoms with van der Waals surface area (Å²) < 4.78 is 20.0. The number of pyridine rings is 1. The number of aliphatic hydroxyl groups is 2. The lowest BCUT2D eigenvalue weighted by Crippen LogP contribution is -2.33. The second-order valence-corrected chi connectivity index (χ2v) is 5.54. The number of carbonyl (C=O) groups is 1. The molecule has 1 saturated heterocycles. The van der Waals surface area contributed by atoms with Gasteiger partial charge in [-0.2, -0.15) is 4.98 Å². The van der Waals surface area contributed by atoms with Crippen molar-refractivity contribution in [1.82, 2.24) is 14.5 Å². The summed E-state index contributed by atoms with van der Waals surface area (Å²) in [5, 5.41) is 30.1. The van der Waals surface area contributed by atoms with E-state index < -0.39 is 42.8 Å². The number of hydrogen-bond acceptors (Lipinski definition) is 8. The maximum Gasteiger partial charge on any atom is 0.351 e. The zero-order chi connectivity index (χ0) is 18.8. The van der Waals surface area contributed by atoms with Crippen LogP contribution in [0.2, 0.25) is 0 Å². The van der Waals surface area contributed by atoms with Gasteiger partial charge in [0.2, 0.25) is 0 Å². The Morgan fingerprint density at radius 2 is 2.15 bits per heavy atom. The number of aromatic nitrogens is 3. The summed E-state index contributed by atoms with van der Waals surface area (Å²) in [6.45, 7) is -0.603. The number of nitrogens with zero attached hydrogens (tertiary/aromatic N) is 3. The van der Waals surface area contributed by atoms with Gasteiger partial charge in [0.25, 0.3) is 5.91 Å². The zero-order valence-corrected chi connectivity index (χ0v) is 13.2. The Hall–Kier alpha value is -2.89. The molecular formula is C15H15FN4O6. The smallest absolute Gasteiger partial charge is 0.351 e. The van der Waals surface area contributed by atoms with Crippen LogP contribution >= 0.6 is 0 Å². The van der Waals surface area contributed by atoms with Gasteiger partial charge in [-0.25, -0.2) is 14.2 Å². The number of ether oxygens (including phenoxy) is 1. The van der Waals surface area contributed by atoms with Gasteiger partial charge in [-0.1, -0.05) is 0 Å². The molecule has 1 aliphatic heterocycles. The van der Waals surface area contributed by atoms with Crippen LogP contribution in [0, 0.1) is 0 Å². The standard InChI is InChI=1S/C15H15FN4O6/c16-11-12(23)9(6-21)26-14(11)20-4-3-10(19-15(20)25)18-13(24)8-2-1-7(22)5-17-8/h1-5,9,11-12,14,21-23H,6H2,(H,18,19,24,25)/t9-,11-,12-,14-/m1/s1. The van der Waals surface area contributed by atoms with Gasteiger partial charge < -0.3 is 25.4 Å². The van der Waals surface area contributed by atoms with Gasteiger partial charge in [-0.05, 0) is 18.2 Å². The Morgan fingerprint density at radius 3 is 2.73 bits per heavy atom. The summed E-state index contributed by atoms with van der Waals surface area (Å²) in [5.41, 5.74) is -0.925. The van der Waals surface area contributed by atoms with Crippen LogP contribution in [0.1, 0.15) is 16.7 Å². The number of alkyl halides is 1. The third-order valence-electron chi connectivity index (χ3n) is 3.80. The fourth-order valence-corrected chi connectivity index (χ4v) is 2.46. The molecule has 10 nitrogen and oxygen atoms in total. The van der Waals surface area contributed by atoms with Crippen molar-refractivity contribution >= 4 is 11.7 Å². The molecule has 11 heteroatoms. The van der Waals surface area contributed by atoms with Crippen LogP contribution in [0.4, 0.5) is 10.2 Å². The van der Waals surface area contributed by atoms with Crippen molar-refractivity contribution in [3.05, 3.63) is 46.8 Å². The van der Waals surface area contributed by atoms with Crippen LogP contribution in [-0.4, -0.2) is 60.7 Å². The molecule has 4 atom stereocenters. The Balaban J connectivity index is 1.77. The van der Waals surface area contributed by atoms with Crippen LogP contribution in [0.15, 0.2) is 35.4 Å². The number of hydrogen-bond donors (Lipinski definition) is 4. The van der Waals surface area contributed by atoms with E-state index >= 15 is 0 Å². The molecule has 1 fully saturated rings. The van der Waals surface area contributed by atoms with E-state index in [9.17, 15) is 19.1 Å². The molecule has 3 rings (SSSR count). The fourth-order valence-electron chi connectivity index (χ4n) is 2.46. The summed E-state index contributed by atoms with van der Waals surface area (Å²) in [4.78, 5) is 31.4. The van der Waals surface area contributed by atoms with Crippen LogP contribution < -0.4 is 11.0 Å². The van der Waals surface area contributed by atoms with Crippen LogP contribution in [0.3, 0.4) is 0 Å². The average Bonchev–Trinajstić information content (AvgIpc) is 2.90. The summed E-state index contributed by atoms with van der Waals surface area (Å²) in [7, 11) is 0. The monoisotopic (exact) mass is 366 g/mol. The van der Waals surface area contributed by atoms with Gasteiger partial charge in [-0.15, -0.1) is 0 Å². The molecule has 0 aliphatic carbocycles. The van der Waals surface area contributed by atoms with Crippen molar-refractivity contribution in [1.29, 1.82) is 0 Å². The third kappa shape index (κ3) is 3.40. The second kappa shape index (κ2) is 7.15. The molecule has 0 spiro atoms. The highest BCUT2D eigenvalue weighted by atomic mass is 19.1. The van der Waals surface area contributed by atoms with E-state index in [2.05, 4.69) is 15.3 Å². The van der Waals surface area contributed by atoms with Gasteiger partial charge in [0.1, 0.15) is 29.5 Å². The van der Waals surface area contributed by atoms with Crippen LogP contribution in [0.25, 0.3) is 0 Å². The van der Waals surface area contributed by atoms with E-state index in [4.69, 9.17) is 14.9 Å². The molecule has 0 bridgehead atoms. The maximum atomic E-state index is 14.1. The van der Waals surface area contributed by atoms with E-state index in [0.717, 1.165) is 17.0 Å². The van der Waals surface area contributed by atoms with E-state index in [1.807, 2.05) is 0 Å². The number of rotatable bonds is 4. The van der Waals surface area contributed by atoms with E-state index in [1.54, 1.807) is 0 Å². The molecule has 26 heavy (non-hydrogen) atoms. The second-order valence-electron chi connectivity index (χ2n) is 5.54. The first-order valence-corrected chi connectivity index (χ1v) is 7.54. The third-order valence-corrected chi connectivity index (χ3v) is 3.80. The molecule has 2 aromatic rings. The van der Waals surface area contributed by atoms with Crippen molar-refractivity contribution in [2.45, 2.75) is 24.6 Å². The van der Waals surface area contributed by atoms with Crippen molar-refractivity contribution in [2.24, 2.45) is 0 Å². The number of aliphatic hydroxyl groups excluding tert-OH is 2. The van der Waals surface area contributed by atoms with Crippen LogP contribution in [0.5, 0.6) is 5.75 Å². The normalized spacial score (nSPS) is 25.2. The van der Waals surface area contributed by atoms with Gasteiger partial charge >= 0.3 is 5.69 Å². The highest BCUT2D eigenvalue weighted by Crippen LogP contribution is 2.30. The minimum absolute atomic E-state index is 0.00867. The Bertz CT molecular complexity index is 858. The Morgan fingerprint density at radius 1 is 1.38 bits per heavy atom. The lowest BCUT2D eigenvalue weighted by atomic mass is 10.1. The predicted molar refractivity (Wildman–Crippen MR) is 84.3 cm³/mol. The Labute approximate surface area is 145 Å². The number of nitrogens with one attached hydrogen (secondary N) is 1. The lowest BCUT2D eigenvalue weighted by Gasteiger charge is -2.16. The highest BCUT2D eigenvalue weighted by Gasteiger charge is 2.45. The van der Waals surface area contributed by atoms with Crippen molar-refractivity contribution in [3.63, 3.8) is 0 Å². The maximum absolute atomic E-state index is 14.1. The number of amides is 1. The number of anilines is 1. The van der Waals surface area contributed by atoms with Gasteiger partial charge in [0.05, 0.1) is 12.8 Å². The molecule has 0 saturated carbocycles. The molecule has 1 aliphatic rings. The molecule has 0 aromatic carbocycles. The largest absolute Gasteiger partial charge is 0.506 e. The first kappa shape index (κ1) is 17.9. The van der Waals surface area contributed by atoms with Crippen molar-refractivity contribution in [3.8, 4) is 5.75 Å². The molecule has 0 radical (unpaired) electrons. The van der Waals surface area contributed by atoms with Gasteiger partial charge in [0, 0.05) is 6.20 Å². The molecular weight excluding hydrogens is 351 g/mol. The minimum Gasteiger partial charge on any atom is -0.506 e. The summed E-state index contributed by atoms with van der Waals surface area (Å²) in [5.74, 6) is -0.868. The number of carbonyl (C=O) groups excluding carboxylic acids is 1. The number of aromatic hydroxyl groups is 1.